The van der Waals surface area contributed by atoms with Gasteiger partial charge in [-0.25, -0.2) is 24.9 Å². The van der Waals surface area contributed by atoms with Crippen LogP contribution in [0.2, 0.25) is 0 Å². The highest BCUT2D eigenvalue weighted by atomic mass is 16.2. The van der Waals surface area contributed by atoms with Crippen LogP contribution < -0.4 is 4.90 Å². The number of carbonyl (C=O) groups excluding carboxylic acids is 2. The molecule has 10 nitrogen and oxygen atoms in total. The molecule has 198 valence electrons. The van der Waals surface area contributed by atoms with E-state index in [4.69, 9.17) is 4.98 Å². The third-order valence-corrected chi connectivity index (χ3v) is 8.38. The molecule has 7 rings (SSSR count). The van der Waals surface area contributed by atoms with Gasteiger partial charge in [0.2, 0.25) is 5.91 Å². The van der Waals surface area contributed by atoms with Crippen molar-refractivity contribution in [1.29, 1.82) is 0 Å². The minimum absolute atomic E-state index is 0.00778. The van der Waals surface area contributed by atoms with E-state index in [0.717, 1.165) is 53.1 Å². The summed E-state index contributed by atoms with van der Waals surface area (Å²) in [7, 11) is 0. The zero-order valence-corrected chi connectivity index (χ0v) is 22.4. The Morgan fingerprint density at radius 2 is 1.85 bits per heavy atom. The maximum absolute atomic E-state index is 14.0. The number of carbonyl (C=O) groups is 2. The number of hydrogen-bond donors (Lipinski definition) is 0. The Bertz CT molecular complexity index is 1640. The molecule has 1 saturated heterocycles. The fraction of sp³-hybridized carbons (Fsp3) is 0.414. The molecule has 0 N–H and O–H groups in total. The number of amides is 2. The average Bonchev–Trinajstić information content (AvgIpc) is 3.53. The number of aryl methyl sites for hydroxylation is 2. The molecule has 5 heterocycles. The highest BCUT2D eigenvalue weighted by Gasteiger charge is 2.59. The van der Waals surface area contributed by atoms with E-state index in [1.165, 1.54) is 0 Å². The van der Waals surface area contributed by atoms with E-state index in [1.54, 1.807) is 18.7 Å². The second kappa shape index (κ2) is 8.65. The monoisotopic (exact) mass is 522 g/mol. The lowest BCUT2D eigenvalue weighted by Crippen LogP contribution is -2.52. The van der Waals surface area contributed by atoms with Crippen LogP contribution in [-0.4, -0.2) is 59.3 Å². The van der Waals surface area contributed by atoms with E-state index in [9.17, 15) is 9.59 Å². The largest absolute Gasteiger partial charge is 0.324 e. The maximum atomic E-state index is 14.0. The van der Waals surface area contributed by atoms with Crippen LogP contribution in [0.1, 0.15) is 50.9 Å². The number of likely N-dealkylation sites (tertiary alicyclic amines) is 1. The zero-order valence-electron chi connectivity index (χ0n) is 22.4. The highest BCUT2D eigenvalue weighted by Crippen LogP contribution is 2.52. The van der Waals surface area contributed by atoms with Crippen LogP contribution in [-0.2, 0) is 21.7 Å². The van der Waals surface area contributed by atoms with Crippen LogP contribution in [0.15, 0.2) is 36.9 Å². The highest BCUT2D eigenvalue weighted by molar-refractivity contribution is 6.10. The number of hydrogen-bond acceptors (Lipinski definition) is 7. The van der Waals surface area contributed by atoms with Crippen LogP contribution in [0, 0.1) is 12.8 Å². The van der Waals surface area contributed by atoms with Gasteiger partial charge in [-0.05, 0) is 58.6 Å². The minimum atomic E-state index is -0.944. The first kappa shape index (κ1) is 23.9. The van der Waals surface area contributed by atoms with Gasteiger partial charge in [-0.3, -0.25) is 9.59 Å². The first-order valence-corrected chi connectivity index (χ1v) is 13.8. The Morgan fingerprint density at radius 1 is 1.05 bits per heavy atom. The second-order valence-corrected chi connectivity index (χ2v) is 10.6. The molecule has 1 atom stereocenters. The lowest BCUT2D eigenvalue weighted by atomic mass is 9.86. The van der Waals surface area contributed by atoms with Crippen LogP contribution >= 0.6 is 0 Å². The van der Waals surface area contributed by atoms with Gasteiger partial charge < -0.3 is 14.4 Å². The normalized spacial score (nSPS) is 20.4. The number of benzene rings is 1. The van der Waals surface area contributed by atoms with Gasteiger partial charge in [0.25, 0.3) is 5.91 Å². The summed E-state index contributed by atoms with van der Waals surface area (Å²) in [5.41, 5.74) is 4.59. The van der Waals surface area contributed by atoms with E-state index >= 15 is 0 Å². The van der Waals surface area contributed by atoms with Crippen molar-refractivity contribution in [3.63, 3.8) is 0 Å². The summed E-state index contributed by atoms with van der Waals surface area (Å²) in [5, 5.41) is 0. The van der Waals surface area contributed by atoms with Gasteiger partial charge in [0.15, 0.2) is 5.65 Å². The molecule has 2 fully saturated rings. The Kier molecular flexibility index (Phi) is 5.30. The van der Waals surface area contributed by atoms with Gasteiger partial charge in [0.1, 0.15) is 34.7 Å². The molecule has 3 aromatic heterocycles. The predicted octanol–water partition coefficient (Wildman–Crippen LogP) is 3.87. The van der Waals surface area contributed by atoms with Crippen molar-refractivity contribution < 1.29 is 9.59 Å². The first-order chi connectivity index (χ1) is 19.0. The number of likely N-dealkylation sites (N-methyl/N-ethyl adjacent to an activating group) is 1. The molecule has 0 unspecified atom stereocenters. The summed E-state index contributed by atoms with van der Waals surface area (Å²) in [6.45, 7) is 7.73. The molecule has 1 saturated carbocycles. The van der Waals surface area contributed by atoms with E-state index in [0.29, 0.717) is 43.1 Å². The SMILES string of the molecule is CCN1C(=O)[C@]2(CCCN2C(=O)C2CC2)c2cc(-c3ncnc4c3nc(-c3cnc(C)nc3)n4CC)ccc21. The lowest BCUT2D eigenvalue weighted by molar-refractivity contribution is -0.144. The molecular formula is C29H30N8O2. The maximum Gasteiger partial charge on any atom is 0.257 e. The third kappa shape index (κ3) is 3.36. The Labute approximate surface area is 226 Å². The molecule has 39 heavy (non-hydrogen) atoms. The smallest absolute Gasteiger partial charge is 0.257 e. The lowest BCUT2D eigenvalue weighted by Gasteiger charge is -2.34. The molecule has 4 aromatic rings. The average molecular weight is 523 g/mol. The molecule has 1 spiro atoms. The van der Waals surface area contributed by atoms with Crippen molar-refractivity contribution in [3.05, 3.63) is 48.3 Å². The summed E-state index contributed by atoms with van der Waals surface area (Å²) in [5.74, 6) is 1.61. The Balaban J connectivity index is 1.40. The van der Waals surface area contributed by atoms with Gasteiger partial charge in [0, 0.05) is 54.8 Å². The van der Waals surface area contributed by atoms with Crippen molar-refractivity contribution in [3.8, 4) is 22.6 Å². The zero-order chi connectivity index (χ0) is 26.9. The van der Waals surface area contributed by atoms with Gasteiger partial charge >= 0.3 is 0 Å². The van der Waals surface area contributed by atoms with Gasteiger partial charge in [-0.15, -0.1) is 0 Å². The number of fused-ring (bicyclic) bond motifs is 3. The standard InChI is InChI=1S/C29H30N8O2/c1-4-35-22-10-9-19(13-21(22)29(28(35)39)11-6-12-37(29)27(38)18-7-8-18)23-24-26(33-16-32-23)36(5-2)25(34-24)20-14-30-17(3)31-15-20/h9-10,13-16,18H,4-8,11-12H2,1-3H3/t29-/m0/s1. The van der Waals surface area contributed by atoms with E-state index in [1.807, 2.05) is 40.3 Å². The molecule has 10 heteroatoms. The number of anilines is 1. The van der Waals surface area contributed by atoms with E-state index < -0.39 is 5.54 Å². The quantitative estimate of drug-likeness (QED) is 0.391. The molecular weight excluding hydrogens is 492 g/mol. The van der Waals surface area contributed by atoms with Crippen LogP contribution in [0.3, 0.4) is 0 Å². The molecule has 3 aliphatic rings. The van der Waals surface area contributed by atoms with Gasteiger partial charge in [-0.1, -0.05) is 6.07 Å². The molecule has 2 amide bonds. The van der Waals surface area contributed by atoms with Crippen molar-refractivity contribution in [2.45, 2.75) is 58.5 Å². The van der Waals surface area contributed by atoms with Crippen LogP contribution in [0.25, 0.3) is 33.8 Å². The fourth-order valence-electron chi connectivity index (χ4n) is 6.36. The summed E-state index contributed by atoms with van der Waals surface area (Å²) >= 11 is 0. The first-order valence-electron chi connectivity index (χ1n) is 13.8. The van der Waals surface area contributed by atoms with Crippen molar-refractivity contribution in [2.75, 3.05) is 18.0 Å². The number of rotatable bonds is 5. The Hall–Kier alpha value is -4.21. The van der Waals surface area contributed by atoms with Gasteiger partial charge in [-0.2, -0.15) is 0 Å². The number of imidazole rings is 1. The topological polar surface area (TPSA) is 110 Å². The summed E-state index contributed by atoms with van der Waals surface area (Å²) < 4.78 is 2.04. The van der Waals surface area contributed by atoms with Crippen molar-refractivity contribution >= 4 is 28.7 Å². The Morgan fingerprint density at radius 3 is 2.56 bits per heavy atom. The second-order valence-electron chi connectivity index (χ2n) is 10.6. The van der Waals surface area contributed by atoms with Gasteiger partial charge in [0.05, 0.1) is 5.56 Å². The number of aromatic nitrogens is 6. The van der Waals surface area contributed by atoms with Crippen LogP contribution in [0.4, 0.5) is 5.69 Å². The molecule has 0 radical (unpaired) electrons. The van der Waals surface area contributed by atoms with E-state index in [-0.39, 0.29) is 17.7 Å². The number of nitrogens with zero attached hydrogens (tertiary/aromatic N) is 8. The fourth-order valence-corrected chi connectivity index (χ4v) is 6.36. The summed E-state index contributed by atoms with van der Waals surface area (Å²) in [4.78, 5) is 54.0. The van der Waals surface area contributed by atoms with Crippen molar-refractivity contribution in [2.24, 2.45) is 5.92 Å². The molecule has 2 aliphatic heterocycles. The molecule has 0 bridgehead atoms. The van der Waals surface area contributed by atoms with Crippen molar-refractivity contribution in [1.82, 2.24) is 34.4 Å². The molecule has 1 aromatic carbocycles. The predicted molar refractivity (Wildman–Crippen MR) is 146 cm³/mol. The van der Waals surface area contributed by atoms with Crippen LogP contribution in [0.5, 0.6) is 0 Å². The molecule has 1 aliphatic carbocycles. The summed E-state index contributed by atoms with van der Waals surface area (Å²) in [6, 6.07) is 6.05. The third-order valence-electron chi connectivity index (χ3n) is 8.38. The van der Waals surface area contributed by atoms with E-state index in [2.05, 4.69) is 32.9 Å². The minimum Gasteiger partial charge on any atom is -0.324 e. The summed E-state index contributed by atoms with van der Waals surface area (Å²) in [6.07, 6.45) is 8.39.